The van der Waals surface area contributed by atoms with E-state index < -0.39 is 9.84 Å². The molecular weight excluding hydrogens is 274 g/mol. The van der Waals surface area contributed by atoms with E-state index >= 15 is 0 Å². The topological polar surface area (TPSA) is 81.2 Å². The van der Waals surface area contributed by atoms with Crippen LogP contribution in [0.1, 0.15) is 26.2 Å². The van der Waals surface area contributed by atoms with Crippen molar-refractivity contribution >= 4 is 26.3 Å². The molecule has 2 heterocycles. The molecule has 1 fully saturated rings. The number of sulfone groups is 1. The normalized spacial score (nSPS) is 20.2. The van der Waals surface area contributed by atoms with E-state index in [1.807, 2.05) is 6.92 Å². The maximum absolute atomic E-state index is 12.1. The van der Waals surface area contributed by atoms with Gasteiger partial charge in [0.2, 0.25) is 19.3 Å². The highest BCUT2D eigenvalue weighted by Crippen LogP contribution is 2.23. The summed E-state index contributed by atoms with van der Waals surface area (Å²) in [6, 6.07) is 0. The molecule has 1 N–H and O–H groups in total. The molecule has 1 aromatic rings. The summed E-state index contributed by atoms with van der Waals surface area (Å²) in [6.07, 6.45) is 2.50. The summed E-state index contributed by atoms with van der Waals surface area (Å²) in [4.78, 5) is 0. The fourth-order valence-electron chi connectivity index (χ4n) is 1.73. The van der Waals surface area contributed by atoms with Crippen LogP contribution in [0.3, 0.4) is 0 Å². The molecule has 0 amide bonds. The second-order valence-electron chi connectivity index (χ2n) is 4.22. The molecule has 1 aromatic heterocycles. The van der Waals surface area contributed by atoms with Crippen LogP contribution in [0.2, 0.25) is 0 Å². The van der Waals surface area contributed by atoms with E-state index in [0.29, 0.717) is 11.7 Å². The molecule has 0 aromatic carbocycles. The first-order valence-corrected chi connectivity index (χ1v) is 8.50. The number of aromatic nitrogens is 2. The molecule has 0 saturated carbocycles. The van der Waals surface area contributed by atoms with E-state index in [4.69, 9.17) is 4.74 Å². The fourth-order valence-corrected chi connectivity index (χ4v) is 4.24. The van der Waals surface area contributed by atoms with Crippen molar-refractivity contribution in [3.8, 4) is 0 Å². The third-order valence-corrected chi connectivity index (χ3v) is 5.74. The van der Waals surface area contributed by atoms with Gasteiger partial charge in [-0.2, -0.15) is 0 Å². The number of ether oxygens (including phenoxy) is 1. The molecule has 1 unspecified atom stereocenters. The molecule has 8 heteroatoms. The monoisotopic (exact) mass is 291 g/mol. The molecular formula is C10H17N3O3S2. The third-order valence-electron chi connectivity index (χ3n) is 2.63. The molecule has 0 aliphatic carbocycles. The highest BCUT2D eigenvalue weighted by Gasteiger charge is 2.27. The van der Waals surface area contributed by atoms with Crippen molar-refractivity contribution in [2.75, 3.05) is 24.2 Å². The lowest BCUT2D eigenvalue weighted by atomic mass is 10.3. The first-order valence-electron chi connectivity index (χ1n) is 6.03. The van der Waals surface area contributed by atoms with Gasteiger partial charge in [0.15, 0.2) is 0 Å². The first kappa shape index (κ1) is 13.7. The van der Waals surface area contributed by atoms with Crippen LogP contribution in [0.15, 0.2) is 4.34 Å². The van der Waals surface area contributed by atoms with Crippen molar-refractivity contribution in [2.24, 2.45) is 0 Å². The average molecular weight is 291 g/mol. The minimum Gasteiger partial charge on any atom is -0.377 e. The number of rotatable bonds is 6. The van der Waals surface area contributed by atoms with Crippen LogP contribution in [0.5, 0.6) is 0 Å². The van der Waals surface area contributed by atoms with Crippen molar-refractivity contribution in [2.45, 2.75) is 36.6 Å². The standard InChI is InChI=1S/C10H17N3O3S2/c1-2-5-11-9-12-13-10(17-9)18(14,15)7-8-4-3-6-16-8/h8H,2-7H2,1H3,(H,11,12). The van der Waals surface area contributed by atoms with Crippen molar-refractivity contribution in [3.63, 3.8) is 0 Å². The fraction of sp³-hybridized carbons (Fsp3) is 0.800. The zero-order valence-corrected chi connectivity index (χ0v) is 11.9. The number of nitrogens with zero attached hydrogens (tertiary/aromatic N) is 2. The number of hydrogen-bond acceptors (Lipinski definition) is 7. The summed E-state index contributed by atoms with van der Waals surface area (Å²) in [6.45, 7) is 3.45. The van der Waals surface area contributed by atoms with E-state index in [1.165, 1.54) is 0 Å². The lowest BCUT2D eigenvalue weighted by Gasteiger charge is -2.07. The van der Waals surface area contributed by atoms with Crippen LogP contribution in [0.25, 0.3) is 0 Å². The molecule has 0 bridgehead atoms. The van der Waals surface area contributed by atoms with E-state index in [9.17, 15) is 8.42 Å². The van der Waals surface area contributed by atoms with Crippen molar-refractivity contribution in [1.29, 1.82) is 0 Å². The van der Waals surface area contributed by atoms with Gasteiger partial charge in [0.25, 0.3) is 0 Å². The van der Waals surface area contributed by atoms with Gasteiger partial charge in [0.05, 0.1) is 11.9 Å². The van der Waals surface area contributed by atoms with E-state index in [-0.39, 0.29) is 16.2 Å². The second-order valence-corrected chi connectivity index (χ2v) is 7.40. The lowest BCUT2D eigenvalue weighted by molar-refractivity contribution is 0.127. The molecule has 2 rings (SSSR count). The van der Waals surface area contributed by atoms with Gasteiger partial charge >= 0.3 is 0 Å². The summed E-state index contributed by atoms with van der Waals surface area (Å²) in [5.74, 6) is 0.00934. The average Bonchev–Trinajstić information content (AvgIpc) is 2.96. The smallest absolute Gasteiger partial charge is 0.234 e. The Labute approximate surface area is 111 Å². The Hall–Kier alpha value is -0.730. The predicted octanol–water partition coefficient (Wildman–Crippen LogP) is 1.31. The van der Waals surface area contributed by atoms with Crippen molar-refractivity contribution in [1.82, 2.24) is 10.2 Å². The Bertz CT molecular complexity index is 480. The molecule has 1 atom stereocenters. The van der Waals surface area contributed by atoms with E-state index in [2.05, 4.69) is 15.5 Å². The minimum absolute atomic E-state index is 0.00934. The summed E-state index contributed by atoms with van der Waals surface area (Å²) >= 11 is 1.09. The zero-order chi connectivity index (χ0) is 13.0. The molecule has 0 radical (unpaired) electrons. The number of nitrogens with one attached hydrogen (secondary N) is 1. The van der Waals surface area contributed by atoms with Crippen molar-refractivity contribution < 1.29 is 13.2 Å². The van der Waals surface area contributed by atoms with E-state index in [0.717, 1.165) is 37.1 Å². The van der Waals surface area contributed by atoms with Crippen LogP contribution in [-0.4, -0.2) is 43.6 Å². The van der Waals surface area contributed by atoms with Crippen molar-refractivity contribution in [3.05, 3.63) is 0 Å². The van der Waals surface area contributed by atoms with Crippen LogP contribution in [0.4, 0.5) is 5.13 Å². The van der Waals surface area contributed by atoms with E-state index in [1.54, 1.807) is 0 Å². The lowest BCUT2D eigenvalue weighted by Crippen LogP contribution is -2.20. The number of hydrogen-bond donors (Lipinski definition) is 1. The van der Waals surface area contributed by atoms with Crippen LogP contribution in [-0.2, 0) is 14.6 Å². The third kappa shape index (κ3) is 3.39. The second kappa shape index (κ2) is 5.94. The van der Waals surface area contributed by atoms with Gasteiger partial charge in [-0.25, -0.2) is 8.42 Å². The molecule has 6 nitrogen and oxygen atoms in total. The van der Waals surface area contributed by atoms with Gasteiger partial charge in [0.1, 0.15) is 0 Å². The van der Waals surface area contributed by atoms with Gasteiger partial charge in [-0.15, -0.1) is 10.2 Å². The maximum atomic E-state index is 12.1. The van der Waals surface area contributed by atoms with Gasteiger partial charge in [-0.1, -0.05) is 18.3 Å². The van der Waals surface area contributed by atoms with Crippen LogP contribution >= 0.6 is 11.3 Å². The Balaban J connectivity index is 2.02. The predicted molar refractivity (Wildman–Crippen MR) is 69.7 cm³/mol. The molecule has 1 aliphatic heterocycles. The summed E-state index contributed by atoms with van der Waals surface area (Å²) in [5.41, 5.74) is 0. The highest BCUT2D eigenvalue weighted by molar-refractivity contribution is 7.93. The van der Waals surface area contributed by atoms with Gasteiger partial charge in [-0.3, -0.25) is 0 Å². The maximum Gasteiger partial charge on any atom is 0.234 e. The molecule has 102 valence electrons. The minimum atomic E-state index is -3.37. The molecule has 0 spiro atoms. The SMILES string of the molecule is CCCNc1nnc(S(=O)(=O)CC2CCCO2)s1. The molecule has 1 aliphatic rings. The summed E-state index contributed by atoms with van der Waals surface area (Å²) < 4.78 is 29.6. The Morgan fingerprint density at radius 2 is 2.33 bits per heavy atom. The first-order chi connectivity index (χ1) is 8.62. The molecule has 1 saturated heterocycles. The number of anilines is 1. The van der Waals surface area contributed by atoms with Crippen LogP contribution in [0, 0.1) is 0 Å². The Kier molecular flexibility index (Phi) is 4.52. The van der Waals surface area contributed by atoms with Gasteiger partial charge in [-0.05, 0) is 19.3 Å². The summed E-state index contributed by atoms with van der Waals surface area (Å²) in [7, 11) is -3.37. The summed E-state index contributed by atoms with van der Waals surface area (Å²) in [5, 5.41) is 11.2. The van der Waals surface area contributed by atoms with Gasteiger partial charge in [0, 0.05) is 13.2 Å². The Morgan fingerprint density at radius 1 is 1.50 bits per heavy atom. The zero-order valence-electron chi connectivity index (χ0n) is 10.3. The molecule has 18 heavy (non-hydrogen) atoms. The largest absolute Gasteiger partial charge is 0.377 e. The van der Waals surface area contributed by atoms with Gasteiger partial charge < -0.3 is 10.1 Å². The quantitative estimate of drug-likeness (QED) is 0.851. The highest BCUT2D eigenvalue weighted by atomic mass is 32.2. The van der Waals surface area contributed by atoms with Crippen LogP contribution < -0.4 is 5.32 Å². The Morgan fingerprint density at radius 3 is 3.00 bits per heavy atom.